The molecule has 0 bridgehead atoms. The molecule has 0 radical (unpaired) electrons. The number of amides is 1. The van der Waals surface area contributed by atoms with Crippen molar-refractivity contribution >= 4 is 5.91 Å². The van der Waals surface area contributed by atoms with E-state index in [1.54, 1.807) is 6.92 Å². The number of carbonyl (C=O) groups is 1. The zero-order valence-corrected chi connectivity index (χ0v) is 6.85. The van der Waals surface area contributed by atoms with Gasteiger partial charge in [0.15, 0.2) is 0 Å². The monoisotopic (exact) mass is 144 g/mol. The third-order valence-electron chi connectivity index (χ3n) is 1.41. The van der Waals surface area contributed by atoms with Crippen molar-refractivity contribution in [2.75, 3.05) is 0 Å². The van der Waals surface area contributed by atoms with Gasteiger partial charge in [-0.3, -0.25) is 4.79 Å². The summed E-state index contributed by atoms with van der Waals surface area (Å²) in [4.78, 5) is 10.9. The highest BCUT2D eigenvalue weighted by Gasteiger charge is 2.08. The maximum absolute atomic E-state index is 10.9. The van der Waals surface area contributed by atoms with E-state index in [1.807, 2.05) is 13.8 Å². The van der Waals surface area contributed by atoms with E-state index in [-0.39, 0.29) is 11.9 Å². The molecule has 0 saturated carbocycles. The minimum Gasteiger partial charge on any atom is -0.352 e. The minimum atomic E-state index is -0.394. The normalized spacial score (nSPS) is 16.0. The molecular weight excluding hydrogens is 128 g/mol. The van der Waals surface area contributed by atoms with Crippen LogP contribution < -0.4 is 11.1 Å². The smallest absolute Gasteiger partial charge is 0.236 e. The minimum absolute atomic E-state index is 0.0747. The van der Waals surface area contributed by atoms with Crippen molar-refractivity contribution in [2.24, 2.45) is 5.73 Å². The SMILES string of the molecule is CC[C@@H](C)NC(=O)[C@@H](C)N. The Kier molecular flexibility index (Phi) is 4.03. The van der Waals surface area contributed by atoms with Gasteiger partial charge in [0.1, 0.15) is 0 Å². The number of hydrogen-bond acceptors (Lipinski definition) is 2. The lowest BCUT2D eigenvalue weighted by molar-refractivity contribution is -0.122. The highest BCUT2D eigenvalue weighted by atomic mass is 16.2. The van der Waals surface area contributed by atoms with Gasteiger partial charge in [0.2, 0.25) is 5.91 Å². The predicted octanol–water partition coefficient (Wildman–Crippen LogP) is 0.248. The molecule has 60 valence electrons. The van der Waals surface area contributed by atoms with Crippen LogP contribution in [0.5, 0.6) is 0 Å². The van der Waals surface area contributed by atoms with E-state index in [0.29, 0.717) is 0 Å². The third kappa shape index (κ3) is 3.45. The van der Waals surface area contributed by atoms with Crippen molar-refractivity contribution < 1.29 is 4.79 Å². The molecule has 0 rings (SSSR count). The Morgan fingerprint density at radius 3 is 2.40 bits per heavy atom. The maximum Gasteiger partial charge on any atom is 0.236 e. The van der Waals surface area contributed by atoms with Gasteiger partial charge in [0.05, 0.1) is 6.04 Å². The van der Waals surface area contributed by atoms with Crippen LogP contribution in [0.2, 0.25) is 0 Å². The quantitative estimate of drug-likeness (QED) is 0.596. The van der Waals surface area contributed by atoms with E-state index < -0.39 is 6.04 Å². The molecule has 0 aromatic heterocycles. The summed E-state index contributed by atoms with van der Waals surface area (Å²) in [6.07, 6.45) is 0.943. The summed E-state index contributed by atoms with van der Waals surface area (Å²) in [5.41, 5.74) is 5.33. The average molecular weight is 144 g/mol. The first-order chi connectivity index (χ1) is 4.57. The summed E-state index contributed by atoms with van der Waals surface area (Å²) >= 11 is 0. The molecule has 0 spiro atoms. The van der Waals surface area contributed by atoms with Crippen molar-refractivity contribution in [1.29, 1.82) is 0 Å². The summed E-state index contributed by atoms with van der Waals surface area (Å²) in [5.74, 6) is -0.0747. The van der Waals surface area contributed by atoms with Gasteiger partial charge in [0.25, 0.3) is 0 Å². The maximum atomic E-state index is 10.9. The third-order valence-corrected chi connectivity index (χ3v) is 1.41. The molecule has 0 aromatic carbocycles. The summed E-state index contributed by atoms with van der Waals surface area (Å²) in [7, 11) is 0. The molecule has 0 fully saturated rings. The Hall–Kier alpha value is -0.570. The predicted molar refractivity (Wildman–Crippen MR) is 41.5 cm³/mol. The highest BCUT2D eigenvalue weighted by molar-refractivity contribution is 5.81. The molecule has 0 aliphatic carbocycles. The van der Waals surface area contributed by atoms with Gasteiger partial charge in [-0.2, -0.15) is 0 Å². The van der Waals surface area contributed by atoms with E-state index in [9.17, 15) is 4.79 Å². The number of nitrogens with one attached hydrogen (secondary N) is 1. The lowest BCUT2D eigenvalue weighted by Gasteiger charge is -2.12. The molecule has 0 heterocycles. The molecular formula is C7H16N2O. The second-order valence-electron chi connectivity index (χ2n) is 2.61. The highest BCUT2D eigenvalue weighted by Crippen LogP contribution is 1.87. The Balaban J connectivity index is 3.57. The van der Waals surface area contributed by atoms with Crippen molar-refractivity contribution in [3.63, 3.8) is 0 Å². The van der Waals surface area contributed by atoms with Crippen LogP contribution in [-0.4, -0.2) is 18.0 Å². The second-order valence-corrected chi connectivity index (χ2v) is 2.61. The van der Waals surface area contributed by atoms with Crippen LogP contribution in [0.25, 0.3) is 0 Å². The van der Waals surface area contributed by atoms with Crippen LogP contribution >= 0.6 is 0 Å². The van der Waals surface area contributed by atoms with Crippen molar-refractivity contribution in [3.05, 3.63) is 0 Å². The fourth-order valence-corrected chi connectivity index (χ4v) is 0.476. The molecule has 0 aliphatic heterocycles. The zero-order chi connectivity index (χ0) is 8.15. The molecule has 0 aliphatic rings. The largest absolute Gasteiger partial charge is 0.352 e. The van der Waals surface area contributed by atoms with E-state index in [1.165, 1.54) is 0 Å². The number of rotatable bonds is 3. The Bertz CT molecular complexity index is 112. The molecule has 10 heavy (non-hydrogen) atoms. The average Bonchev–Trinajstić information content (AvgIpc) is 1.87. The molecule has 0 aromatic rings. The van der Waals surface area contributed by atoms with Crippen LogP contribution in [0, 0.1) is 0 Å². The molecule has 3 nitrogen and oxygen atoms in total. The number of nitrogens with two attached hydrogens (primary N) is 1. The zero-order valence-electron chi connectivity index (χ0n) is 6.85. The topological polar surface area (TPSA) is 55.1 Å². The summed E-state index contributed by atoms with van der Waals surface area (Å²) < 4.78 is 0. The van der Waals surface area contributed by atoms with E-state index in [2.05, 4.69) is 5.32 Å². The first-order valence-electron chi connectivity index (χ1n) is 3.63. The Morgan fingerprint density at radius 1 is 1.60 bits per heavy atom. The molecule has 1 amide bonds. The van der Waals surface area contributed by atoms with Gasteiger partial charge >= 0.3 is 0 Å². The summed E-state index contributed by atoms with van der Waals surface area (Å²) in [6.45, 7) is 5.66. The van der Waals surface area contributed by atoms with Gasteiger partial charge in [0, 0.05) is 6.04 Å². The Morgan fingerprint density at radius 2 is 2.10 bits per heavy atom. The molecule has 0 saturated heterocycles. The number of hydrogen-bond donors (Lipinski definition) is 2. The Labute approximate surface area is 62.0 Å². The van der Waals surface area contributed by atoms with Crippen molar-refractivity contribution in [3.8, 4) is 0 Å². The fraction of sp³-hybridized carbons (Fsp3) is 0.857. The van der Waals surface area contributed by atoms with E-state index in [4.69, 9.17) is 5.73 Å². The standard InChI is InChI=1S/C7H16N2O/c1-4-5(2)9-7(10)6(3)8/h5-6H,4,8H2,1-3H3,(H,9,10)/t5-,6-/m1/s1. The van der Waals surface area contributed by atoms with Crippen LogP contribution in [-0.2, 0) is 4.79 Å². The fourth-order valence-electron chi connectivity index (χ4n) is 0.476. The summed E-state index contributed by atoms with van der Waals surface area (Å²) in [5, 5.41) is 2.77. The van der Waals surface area contributed by atoms with Crippen LogP contribution in [0.3, 0.4) is 0 Å². The van der Waals surface area contributed by atoms with Gasteiger partial charge in [-0.15, -0.1) is 0 Å². The van der Waals surface area contributed by atoms with Gasteiger partial charge in [-0.1, -0.05) is 6.92 Å². The molecule has 2 atom stereocenters. The lowest BCUT2D eigenvalue weighted by Crippen LogP contribution is -2.42. The molecule has 0 unspecified atom stereocenters. The summed E-state index contributed by atoms with van der Waals surface area (Å²) in [6, 6.07) is -0.160. The first-order valence-corrected chi connectivity index (χ1v) is 3.63. The van der Waals surface area contributed by atoms with Crippen LogP contribution in [0.1, 0.15) is 27.2 Å². The first kappa shape index (κ1) is 9.43. The van der Waals surface area contributed by atoms with Crippen molar-refractivity contribution in [2.45, 2.75) is 39.3 Å². The van der Waals surface area contributed by atoms with Crippen molar-refractivity contribution in [1.82, 2.24) is 5.32 Å². The van der Waals surface area contributed by atoms with E-state index in [0.717, 1.165) is 6.42 Å². The molecule has 3 N–H and O–H groups in total. The van der Waals surface area contributed by atoms with Crippen LogP contribution in [0.4, 0.5) is 0 Å². The van der Waals surface area contributed by atoms with Crippen LogP contribution in [0.15, 0.2) is 0 Å². The van der Waals surface area contributed by atoms with E-state index >= 15 is 0 Å². The number of carbonyl (C=O) groups excluding carboxylic acids is 1. The second kappa shape index (κ2) is 4.28. The lowest BCUT2D eigenvalue weighted by atomic mass is 10.2. The molecule has 3 heteroatoms. The van der Waals surface area contributed by atoms with Gasteiger partial charge in [-0.25, -0.2) is 0 Å². The van der Waals surface area contributed by atoms with Gasteiger partial charge in [-0.05, 0) is 20.3 Å². The van der Waals surface area contributed by atoms with Gasteiger partial charge < -0.3 is 11.1 Å².